The summed E-state index contributed by atoms with van der Waals surface area (Å²) in [6.45, 7) is 0.287. The summed E-state index contributed by atoms with van der Waals surface area (Å²) in [5.41, 5.74) is 6.09. The van der Waals surface area contributed by atoms with E-state index in [2.05, 4.69) is 15.9 Å². The fourth-order valence-electron chi connectivity index (χ4n) is 0.893. The van der Waals surface area contributed by atoms with E-state index in [1.165, 1.54) is 6.07 Å². The van der Waals surface area contributed by atoms with Gasteiger partial charge in [-0.25, -0.2) is 13.6 Å². The molecule has 0 atom stereocenters. The molecule has 4 nitrogen and oxygen atoms in total. The van der Waals surface area contributed by atoms with Crippen LogP contribution in [0.4, 0.5) is 0 Å². The van der Waals surface area contributed by atoms with Crippen LogP contribution in [-0.4, -0.2) is 8.42 Å². The van der Waals surface area contributed by atoms with E-state index < -0.39 is 10.0 Å². The molecule has 1 aromatic rings. The molecule has 0 aliphatic carbocycles. The molecule has 1 aromatic carbocycles. The molecule has 0 heterocycles. The number of nitrogens with two attached hydrogens (primary N) is 2. The van der Waals surface area contributed by atoms with E-state index in [9.17, 15) is 8.42 Å². The highest BCUT2D eigenvalue weighted by Gasteiger charge is 2.12. The van der Waals surface area contributed by atoms with Gasteiger partial charge in [0.25, 0.3) is 0 Å². The van der Waals surface area contributed by atoms with Crippen LogP contribution in [0.25, 0.3) is 0 Å². The Labute approximate surface area is 85.1 Å². The van der Waals surface area contributed by atoms with Gasteiger partial charge in [-0.15, -0.1) is 0 Å². The molecule has 72 valence electrons. The number of sulfonamides is 1. The lowest BCUT2D eigenvalue weighted by atomic mass is 10.2. The maximum Gasteiger partial charge on any atom is 0.239 e. The average molecular weight is 265 g/mol. The first-order chi connectivity index (χ1) is 5.95. The van der Waals surface area contributed by atoms with Gasteiger partial charge in [-0.2, -0.15) is 0 Å². The fraction of sp³-hybridized carbons (Fsp3) is 0.143. The fourth-order valence-corrected chi connectivity index (χ4v) is 2.47. The molecule has 0 saturated carbocycles. The lowest BCUT2D eigenvalue weighted by molar-refractivity contribution is 0.597. The van der Waals surface area contributed by atoms with Gasteiger partial charge in [0.2, 0.25) is 10.0 Å². The summed E-state index contributed by atoms with van der Waals surface area (Å²) < 4.78 is 22.5. The van der Waals surface area contributed by atoms with Crippen molar-refractivity contribution in [2.45, 2.75) is 11.4 Å². The van der Waals surface area contributed by atoms with Crippen molar-refractivity contribution in [3.05, 3.63) is 28.2 Å². The minimum Gasteiger partial charge on any atom is -0.326 e. The van der Waals surface area contributed by atoms with Crippen LogP contribution in [0.5, 0.6) is 0 Å². The molecule has 0 saturated heterocycles. The number of rotatable bonds is 2. The van der Waals surface area contributed by atoms with Gasteiger partial charge in [0, 0.05) is 11.0 Å². The Morgan fingerprint density at radius 2 is 2.00 bits per heavy atom. The van der Waals surface area contributed by atoms with Crippen LogP contribution in [-0.2, 0) is 16.6 Å². The lowest BCUT2D eigenvalue weighted by Crippen LogP contribution is -2.13. The lowest BCUT2D eigenvalue weighted by Gasteiger charge is -2.03. The van der Waals surface area contributed by atoms with Gasteiger partial charge >= 0.3 is 0 Å². The van der Waals surface area contributed by atoms with Crippen LogP contribution in [0.3, 0.4) is 0 Å². The smallest absolute Gasteiger partial charge is 0.239 e. The second kappa shape index (κ2) is 3.75. The van der Waals surface area contributed by atoms with Crippen molar-refractivity contribution >= 4 is 26.0 Å². The van der Waals surface area contributed by atoms with Gasteiger partial charge < -0.3 is 5.73 Å². The molecule has 0 spiro atoms. The highest BCUT2D eigenvalue weighted by molar-refractivity contribution is 9.10. The van der Waals surface area contributed by atoms with Gasteiger partial charge in [0.15, 0.2) is 0 Å². The van der Waals surface area contributed by atoms with Crippen molar-refractivity contribution in [1.29, 1.82) is 0 Å². The van der Waals surface area contributed by atoms with Crippen LogP contribution in [0, 0.1) is 0 Å². The summed E-state index contributed by atoms with van der Waals surface area (Å²) >= 11 is 3.10. The third kappa shape index (κ3) is 2.50. The molecule has 0 amide bonds. The first-order valence-corrected chi connectivity index (χ1v) is 5.80. The largest absolute Gasteiger partial charge is 0.326 e. The van der Waals surface area contributed by atoms with Gasteiger partial charge in [0.05, 0.1) is 4.90 Å². The quantitative estimate of drug-likeness (QED) is 0.818. The molecule has 0 radical (unpaired) electrons. The van der Waals surface area contributed by atoms with Crippen LogP contribution in [0.1, 0.15) is 5.56 Å². The molecule has 0 bridgehead atoms. The van der Waals surface area contributed by atoms with E-state index in [1.807, 2.05) is 0 Å². The minimum atomic E-state index is -3.67. The summed E-state index contributed by atoms with van der Waals surface area (Å²) in [6.07, 6.45) is 0. The van der Waals surface area contributed by atoms with Crippen LogP contribution in [0.15, 0.2) is 27.6 Å². The first kappa shape index (κ1) is 10.6. The molecule has 1 rings (SSSR count). The summed E-state index contributed by atoms with van der Waals surface area (Å²) in [5.74, 6) is 0. The monoisotopic (exact) mass is 264 g/mol. The topological polar surface area (TPSA) is 86.2 Å². The molecule has 0 aliphatic rings. The van der Waals surface area contributed by atoms with Crippen LogP contribution >= 0.6 is 15.9 Å². The molecule has 4 N–H and O–H groups in total. The van der Waals surface area contributed by atoms with E-state index in [4.69, 9.17) is 10.9 Å². The summed E-state index contributed by atoms with van der Waals surface area (Å²) in [7, 11) is -3.67. The molecule has 0 fully saturated rings. The summed E-state index contributed by atoms with van der Waals surface area (Å²) in [6, 6.07) is 4.81. The second-order valence-corrected chi connectivity index (χ2v) is 4.90. The number of hydrogen-bond acceptors (Lipinski definition) is 3. The third-order valence-corrected chi connectivity index (χ3v) is 3.44. The number of benzene rings is 1. The maximum atomic E-state index is 11.0. The Morgan fingerprint density at radius 3 is 2.46 bits per heavy atom. The van der Waals surface area contributed by atoms with Gasteiger partial charge in [-0.3, -0.25) is 0 Å². The normalized spacial score (nSPS) is 11.6. The minimum absolute atomic E-state index is 0.0652. The molecule has 0 aromatic heterocycles. The zero-order valence-electron chi connectivity index (χ0n) is 6.70. The Bertz CT molecular complexity index is 417. The Kier molecular flexibility index (Phi) is 3.07. The predicted octanol–water partition coefficient (Wildman–Crippen LogP) is 0.555. The average Bonchev–Trinajstić information content (AvgIpc) is 2.03. The Balaban J connectivity index is 3.36. The van der Waals surface area contributed by atoms with Crippen molar-refractivity contribution in [3.8, 4) is 0 Å². The van der Waals surface area contributed by atoms with E-state index in [0.29, 0.717) is 4.47 Å². The highest BCUT2D eigenvalue weighted by atomic mass is 79.9. The number of primary sulfonamides is 1. The zero-order chi connectivity index (χ0) is 10.1. The third-order valence-electron chi connectivity index (χ3n) is 1.54. The van der Waals surface area contributed by atoms with Crippen molar-refractivity contribution in [3.63, 3.8) is 0 Å². The first-order valence-electron chi connectivity index (χ1n) is 3.46. The standard InChI is InChI=1S/C7H9BrN2O2S/c8-6-2-1-5(4-9)3-7(6)13(10,11)12/h1-3H,4,9H2,(H2,10,11,12). The number of halogens is 1. The van der Waals surface area contributed by atoms with Crippen molar-refractivity contribution in [2.75, 3.05) is 0 Å². The highest BCUT2D eigenvalue weighted by Crippen LogP contribution is 2.21. The molecule has 0 unspecified atom stereocenters. The van der Waals surface area contributed by atoms with Crippen LogP contribution < -0.4 is 10.9 Å². The molecule has 13 heavy (non-hydrogen) atoms. The van der Waals surface area contributed by atoms with E-state index in [0.717, 1.165) is 5.56 Å². The van der Waals surface area contributed by atoms with Crippen molar-refractivity contribution in [2.24, 2.45) is 10.9 Å². The number of hydrogen-bond donors (Lipinski definition) is 2. The van der Waals surface area contributed by atoms with E-state index in [-0.39, 0.29) is 11.4 Å². The maximum absolute atomic E-state index is 11.0. The molecule has 6 heteroatoms. The summed E-state index contributed by atoms with van der Waals surface area (Å²) in [4.78, 5) is 0.0652. The Morgan fingerprint density at radius 1 is 1.38 bits per heavy atom. The van der Waals surface area contributed by atoms with Gasteiger partial charge in [-0.05, 0) is 33.6 Å². The second-order valence-electron chi connectivity index (χ2n) is 2.51. The molecular formula is C7H9BrN2O2S. The van der Waals surface area contributed by atoms with Crippen molar-refractivity contribution < 1.29 is 8.42 Å². The van der Waals surface area contributed by atoms with E-state index >= 15 is 0 Å². The van der Waals surface area contributed by atoms with Gasteiger partial charge in [-0.1, -0.05) is 6.07 Å². The van der Waals surface area contributed by atoms with Crippen molar-refractivity contribution in [1.82, 2.24) is 0 Å². The van der Waals surface area contributed by atoms with E-state index in [1.54, 1.807) is 12.1 Å². The zero-order valence-corrected chi connectivity index (χ0v) is 9.10. The van der Waals surface area contributed by atoms with Gasteiger partial charge in [0.1, 0.15) is 0 Å². The summed E-state index contributed by atoms with van der Waals surface area (Å²) in [5, 5.41) is 4.98. The Hall–Kier alpha value is -0.430. The van der Waals surface area contributed by atoms with Crippen LogP contribution in [0.2, 0.25) is 0 Å². The SMILES string of the molecule is NCc1ccc(Br)c(S(N)(=O)=O)c1. The predicted molar refractivity (Wildman–Crippen MR) is 53.4 cm³/mol. The molecule has 0 aliphatic heterocycles. The molecular weight excluding hydrogens is 256 g/mol.